The molecule has 1 aromatic heterocycles. The second kappa shape index (κ2) is 9.54. The summed E-state index contributed by atoms with van der Waals surface area (Å²) in [7, 11) is 1.95. The number of piperazine rings is 1. The van der Waals surface area contributed by atoms with E-state index in [1.54, 1.807) is 6.07 Å². The van der Waals surface area contributed by atoms with Crippen molar-refractivity contribution in [1.29, 1.82) is 0 Å². The Morgan fingerprint density at radius 1 is 1.10 bits per heavy atom. The molecular formula is C24H27ClN4O2. The molecule has 3 aromatic rings. The van der Waals surface area contributed by atoms with Crippen molar-refractivity contribution >= 4 is 17.5 Å². The predicted molar refractivity (Wildman–Crippen MR) is 121 cm³/mol. The van der Waals surface area contributed by atoms with Gasteiger partial charge < -0.3 is 9.64 Å². The molecule has 0 bridgehead atoms. The minimum absolute atomic E-state index is 0.0711. The molecule has 162 valence electrons. The first-order valence-electron chi connectivity index (χ1n) is 10.5. The zero-order chi connectivity index (χ0) is 21.8. The monoisotopic (exact) mass is 438 g/mol. The standard InChI is InChI=1S/C24H27ClN4O2/c1-18-21(15-27(2)26-18)16-28-9-11-29(12-10-28)24(30)20-6-3-5-19(13-20)17-31-23-8-4-7-22(25)14-23/h3-8,13-15H,9-12,16-17H2,1-2H3. The number of halogens is 1. The number of hydrogen-bond acceptors (Lipinski definition) is 4. The number of benzene rings is 2. The van der Waals surface area contributed by atoms with Crippen molar-refractivity contribution in [3.05, 3.63) is 82.1 Å². The first kappa shape index (κ1) is 21.4. The van der Waals surface area contributed by atoms with E-state index in [9.17, 15) is 4.79 Å². The van der Waals surface area contributed by atoms with Crippen LogP contribution in [0.5, 0.6) is 5.75 Å². The minimum atomic E-state index is 0.0711. The average molecular weight is 439 g/mol. The van der Waals surface area contributed by atoms with E-state index in [0.717, 1.165) is 44.0 Å². The summed E-state index contributed by atoms with van der Waals surface area (Å²) in [5.41, 5.74) is 3.97. The van der Waals surface area contributed by atoms with Crippen molar-refractivity contribution in [3.63, 3.8) is 0 Å². The molecule has 1 amide bonds. The number of ether oxygens (including phenoxy) is 1. The maximum Gasteiger partial charge on any atom is 0.253 e. The predicted octanol–water partition coefficient (Wildman–Crippen LogP) is 3.92. The maximum atomic E-state index is 13.0. The van der Waals surface area contributed by atoms with Crippen LogP contribution in [0.15, 0.2) is 54.7 Å². The minimum Gasteiger partial charge on any atom is -0.489 e. The van der Waals surface area contributed by atoms with Gasteiger partial charge in [0.15, 0.2) is 0 Å². The Morgan fingerprint density at radius 3 is 2.58 bits per heavy atom. The number of rotatable bonds is 6. The van der Waals surface area contributed by atoms with Gasteiger partial charge in [-0.3, -0.25) is 14.4 Å². The van der Waals surface area contributed by atoms with E-state index in [0.29, 0.717) is 22.9 Å². The van der Waals surface area contributed by atoms with Gasteiger partial charge in [-0.25, -0.2) is 0 Å². The third-order valence-corrected chi connectivity index (χ3v) is 5.78. The molecule has 1 fully saturated rings. The van der Waals surface area contributed by atoms with Gasteiger partial charge in [-0.05, 0) is 42.8 Å². The highest BCUT2D eigenvalue weighted by Gasteiger charge is 2.23. The lowest BCUT2D eigenvalue weighted by atomic mass is 10.1. The Bertz CT molecular complexity index is 1060. The van der Waals surface area contributed by atoms with E-state index < -0.39 is 0 Å². The molecule has 6 nitrogen and oxygen atoms in total. The van der Waals surface area contributed by atoms with Gasteiger partial charge in [-0.15, -0.1) is 0 Å². The van der Waals surface area contributed by atoms with Crippen LogP contribution >= 0.6 is 11.6 Å². The van der Waals surface area contributed by atoms with Gasteiger partial charge in [0.1, 0.15) is 12.4 Å². The molecule has 1 aliphatic heterocycles. The fourth-order valence-corrected chi connectivity index (χ4v) is 4.03. The smallest absolute Gasteiger partial charge is 0.253 e. The lowest BCUT2D eigenvalue weighted by Gasteiger charge is -2.34. The van der Waals surface area contributed by atoms with Crippen LogP contribution < -0.4 is 4.74 Å². The number of aromatic nitrogens is 2. The summed E-state index contributed by atoms with van der Waals surface area (Å²) in [5.74, 6) is 0.783. The van der Waals surface area contributed by atoms with E-state index >= 15 is 0 Å². The largest absolute Gasteiger partial charge is 0.489 e. The third kappa shape index (κ3) is 5.46. The second-order valence-corrected chi connectivity index (χ2v) is 8.36. The van der Waals surface area contributed by atoms with Crippen LogP contribution in [0, 0.1) is 6.92 Å². The van der Waals surface area contributed by atoms with Gasteiger partial charge in [-0.2, -0.15) is 5.10 Å². The number of carbonyl (C=O) groups excluding carboxylic acids is 1. The van der Waals surface area contributed by atoms with Gasteiger partial charge in [0, 0.05) is 62.1 Å². The molecule has 31 heavy (non-hydrogen) atoms. The van der Waals surface area contributed by atoms with Crippen LogP contribution in [0.1, 0.15) is 27.2 Å². The fourth-order valence-electron chi connectivity index (χ4n) is 3.85. The zero-order valence-corrected chi connectivity index (χ0v) is 18.7. The Balaban J connectivity index is 1.32. The molecule has 1 saturated heterocycles. The molecule has 0 N–H and O–H groups in total. The molecule has 0 aliphatic carbocycles. The van der Waals surface area contributed by atoms with Crippen molar-refractivity contribution in [1.82, 2.24) is 19.6 Å². The topological polar surface area (TPSA) is 50.6 Å². The van der Waals surface area contributed by atoms with Crippen LogP contribution in [-0.4, -0.2) is 51.7 Å². The molecule has 0 unspecified atom stereocenters. The van der Waals surface area contributed by atoms with Crippen LogP contribution in [0.4, 0.5) is 0 Å². The summed E-state index contributed by atoms with van der Waals surface area (Å²) >= 11 is 6.01. The normalized spacial score (nSPS) is 14.6. The van der Waals surface area contributed by atoms with Crippen LogP contribution in [-0.2, 0) is 20.2 Å². The van der Waals surface area contributed by atoms with Crippen LogP contribution in [0.3, 0.4) is 0 Å². The second-order valence-electron chi connectivity index (χ2n) is 7.93. The van der Waals surface area contributed by atoms with E-state index in [1.165, 1.54) is 5.56 Å². The number of amides is 1. The number of carbonyl (C=O) groups is 1. The Kier molecular flexibility index (Phi) is 6.59. The molecule has 7 heteroatoms. The Labute approximate surface area is 188 Å². The Hall–Kier alpha value is -2.83. The lowest BCUT2D eigenvalue weighted by Crippen LogP contribution is -2.48. The van der Waals surface area contributed by atoms with Crippen molar-refractivity contribution in [2.24, 2.45) is 7.05 Å². The molecule has 0 saturated carbocycles. The van der Waals surface area contributed by atoms with Gasteiger partial charge in [0.25, 0.3) is 5.91 Å². The van der Waals surface area contributed by atoms with Crippen LogP contribution in [0.2, 0.25) is 5.02 Å². The first-order chi connectivity index (χ1) is 15.0. The molecule has 2 heterocycles. The van der Waals surface area contributed by atoms with Gasteiger partial charge >= 0.3 is 0 Å². The average Bonchev–Trinajstić information content (AvgIpc) is 3.09. The van der Waals surface area contributed by atoms with Gasteiger partial charge in [0.05, 0.1) is 5.69 Å². The quantitative estimate of drug-likeness (QED) is 0.585. The lowest BCUT2D eigenvalue weighted by molar-refractivity contribution is 0.0628. The SMILES string of the molecule is Cc1nn(C)cc1CN1CCN(C(=O)c2cccc(COc3cccc(Cl)c3)c2)CC1. The maximum absolute atomic E-state index is 13.0. The summed E-state index contributed by atoms with van der Waals surface area (Å²) in [6.07, 6.45) is 2.07. The van der Waals surface area contributed by atoms with Crippen molar-refractivity contribution in [3.8, 4) is 5.75 Å². The highest BCUT2D eigenvalue weighted by molar-refractivity contribution is 6.30. The zero-order valence-electron chi connectivity index (χ0n) is 17.9. The highest BCUT2D eigenvalue weighted by atomic mass is 35.5. The molecule has 0 atom stereocenters. The third-order valence-electron chi connectivity index (χ3n) is 5.54. The number of hydrogen-bond donors (Lipinski definition) is 0. The Morgan fingerprint density at radius 2 is 1.87 bits per heavy atom. The molecule has 0 radical (unpaired) electrons. The first-order valence-corrected chi connectivity index (χ1v) is 10.8. The number of aryl methyl sites for hydroxylation is 2. The summed E-state index contributed by atoms with van der Waals surface area (Å²) < 4.78 is 7.67. The molecule has 1 aliphatic rings. The summed E-state index contributed by atoms with van der Waals surface area (Å²) in [5, 5.41) is 5.05. The van der Waals surface area contributed by atoms with E-state index in [-0.39, 0.29) is 5.91 Å². The van der Waals surface area contributed by atoms with Crippen molar-refractivity contribution in [2.45, 2.75) is 20.1 Å². The van der Waals surface area contributed by atoms with Gasteiger partial charge in [-0.1, -0.05) is 29.8 Å². The summed E-state index contributed by atoms with van der Waals surface area (Å²) in [6.45, 7) is 6.47. The summed E-state index contributed by atoms with van der Waals surface area (Å²) in [4.78, 5) is 17.3. The fraction of sp³-hybridized carbons (Fsp3) is 0.333. The van der Waals surface area contributed by atoms with E-state index in [2.05, 4.69) is 16.2 Å². The molecule has 4 rings (SSSR count). The molecular weight excluding hydrogens is 412 g/mol. The van der Waals surface area contributed by atoms with Crippen molar-refractivity contribution in [2.75, 3.05) is 26.2 Å². The van der Waals surface area contributed by atoms with Gasteiger partial charge in [0.2, 0.25) is 0 Å². The molecule has 0 spiro atoms. The van der Waals surface area contributed by atoms with Crippen molar-refractivity contribution < 1.29 is 9.53 Å². The highest BCUT2D eigenvalue weighted by Crippen LogP contribution is 2.19. The van der Waals surface area contributed by atoms with Crippen LogP contribution in [0.25, 0.3) is 0 Å². The summed E-state index contributed by atoms with van der Waals surface area (Å²) in [6, 6.07) is 15.0. The number of nitrogens with zero attached hydrogens (tertiary/aromatic N) is 4. The van der Waals surface area contributed by atoms with E-state index in [4.69, 9.17) is 16.3 Å². The van der Waals surface area contributed by atoms with E-state index in [1.807, 2.05) is 66.0 Å². The molecule has 2 aromatic carbocycles.